The number of aromatic nitrogens is 2. The fraction of sp³-hybridized carbons (Fsp3) is 0.160. The summed E-state index contributed by atoms with van der Waals surface area (Å²) in [7, 11) is 0. The van der Waals surface area contributed by atoms with Crippen LogP contribution in [0.4, 0.5) is 0 Å². The summed E-state index contributed by atoms with van der Waals surface area (Å²) in [4.78, 5) is 0. The minimum absolute atomic E-state index is 0.891. The Morgan fingerprint density at radius 3 is 2.11 bits per heavy atom. The molecule has 0 saturated carbocycles. The highest BCUT2D eigenvalue weighted by Crippen LogP contribution is 2.33. The van der Waals surface area contributed by atoms with E-state index in [1.165, 1.54) is 27.9 Å². The van der Waals surface area contributed by atoms with Gasteiger partial charge in [-0.25, -0.2) is 0 Å². The maximum Gasteiger partial charge on any atom is 0.339 e. The SMILES string of the molecule is Cc1ccccc1-n1c(C)c2oc3ccccc3[n+]2c1-c1c(C)cccc1C. The largest absolute Gasteiger partial charge is 0.415 e. The number of fused-ring (bicyclic) bond motifs is 3. The van der Waals surface area contributed by atoms with Gasteiger partial charge in [0.15, 0.2) is 16.8 Å². The van der Waals surface area contributed by atoms with Crippen molar-refractivity contribution >= 4 is 16.8 Å². The summed E-state index contributed by atoms with van der Waals surface area (Å²) in [6.45, 7) is 8.66. The quantitative estimate of drug-likeness (QED) is 0.358. The third-order valence-electron chi connectivity index (χ3n) is 5.65. The predicted octanol–water partition coefficient (Wildman–Crippen LogP) is 5.86. The van der Waals surface area contributed by atoms with Crippen LogP contribution in [0.3, 0.4) is 0 Å². The summed E-state index contributed by atoms with van der Waals surface area (Å²) in [5, 5.41) is 0. The Kier molecular flexibility index (Phi) is 3.66. The first-order valence-electron chi connectivity index (χ1n) is 9.65. The van der Waals surface area contributed by atoms with E-state index in [1.807, 2.05) is 12.1 Å². The predicted molar refractivity (Wildman–Crippen MR) is 113 cm³/mol. The van der Waals surface area contributed by atoms with Crippen LogP contribution in [0.1, 0.15) is 22.4 Å². The molecule has 0 bridgehead atoms. The van der Waals surface area contributed by atoms with Gasteiger partial charge in [0.25, 0.3) is 0 Å². The second-order valence-corrected chi connectivity index (χ2v) is 7.51. The monoisotopic (exact) mass is 367 g/mol. The number of hydrogen-bond donors (Lipinski definition) is 0. The Balaban J connectivity index is 2.04. The topological polar surface area (TPSA) is 22.2 Å². The molecule has 5 aromatic rings. The molecule has 0 saturated heterocycles. The third kappa shape index (κ3) is 2.26. The molecule has 0 amide bonds. The lowest BCUT2D eigenvalue weighted by atomic mass is 10.0. The zero-order valence-corrected chi connectivity index (χ0v) is 16.7. The van der Waals surface area contributed by atoms with Crippen molar-refractivity contribution in [3.8, 4) is 17.1 Å². The van der Waals surface area contributed by atoms with E-state index in [0.29, 0.717) is 0 Å². The summed E-state index contributed by atoms with van der Waals surface area (Å²) in [6.07, 6.45) is 0. The van der Waals surface area contributed by atoms with Crippen molar-refractivity contribution in [2.75, 3.05) is 0 Å². The van der Waals surface area contributed by atoms with Crippen LogP contribution >= 0.6 is 0 Å². The number of oxazole rings is 1. The Morgan fingerprint density at radius 1 is 0.714 bits per heavy atom. The first-order chi connectivity index (χ1) is 13.6. The van der Waals surface area contributed by atoms with Crippen LogP contribution in [0, 0.1) is 27.7 Å². The molecule has 138 valence electrons. The zero-order chi connectivity index (χ0) is 19.4. The molecular formula is C25H23N2O+. The number of hydrogen-bond acceptors (Lipinski definition) is 1. The summed E-state index contributed by atoms with van der Waals surface area (Å²) in [6, 6.07) is 23.3. The molecule has 3 nitrogen and oxygen atoms in total. The number of benzene rings is 3. The molecule has 0 spiro atoms. The maximum absolute atomic E-state index is 6.31. The standard InChI is InChI=1S/C25H23N2O/c1-16-10-5-6-13-20(16)26-19(4)25-27(21-14-7-8-15-22(21)28-25)24(26)23-17(2)11-9-12-18(23)3/h5-15H,1-4H3/q+1. The van der Waals surface area contributed by atoms with Gasteiger partial charge in [0.2, 0.25) is 0 Å². The number of rotatable bonds is 2. The summed E-state index contributed by atoms with van der Waals surface area (Å²) in [5.41, 5.74) is 10.2. The lowest BCUT2D eigenvalue weighted by molar-refractivity contribution is -0.472. The Labute approximate surface area is 164 Å². The molecule has 0 aliphatic carbocycles. The van der Waals surface area contributed by atoms with Crippen LogP contribution in [0.25, 0.3) is 33.9 Å². The summed E-state index contributed by atoms with van der Waals surface area (Å²) in [5.74, 6) is 1.14. The molecule has 3 heteroatoms. The molecule has 3 aromatic carbocycles. The van der Waals surface area contributed by atoms with Crippen LogP contribution in [-0.4, -0.2) is 4.57 Å². The first kappa shape index (κ1) is 16.8. The third-order valence-corrected chi connectivity index (χ3v) is 5.65. The second kappa shape index (κ2) is 6.10. The molecule has 0 aliphatic heterocycles. The lowest BCUT2D eigenvalue weighted by Crippen LogP contribution is -2.23. The maximum atomic E-state index is 6.31. The van der Waals surface area contributed by atoms with Crippen LogP contribution in [0.15, 0.2) is 71.1 Å². The van der Waals surface area contributed by atoms with Gasteiger partial charge in [-0.1, -0.05) is 48.5 Å². The Morgan fingerprint density at radius 2 is 1.36 bits per heavy atom. The van der Waals surface area contributed by atoms with Crippen molar-refractivity contribution in [2.24, 2.45) is 0 Å². The van der Waals surface area contributed by atoms with E-state index in [2.05, 4.69) is 91.3 Å². The van der Waals surface area contributed by atoms with Crippen LogP contribution in [-0.2, 0) is 0 Å². The molecular weight excluding hydrogens is 344 g/mol. The van der Waals surface area contributed by atoms with Gasteiger partial charge in [-0.15, -0.1) is 0 Å². The number of nitrogens with zero attached hydrogens (tertiary/aromatic N) is 2. The highest BCUT2D eigenvalue weighted by Gasteiger charge is 2.33. The average molecular weight is 367 g/mol. The second-order valence-electron chi connectivity index (χ2n) is 7.51. The van der Waals surface area contributed by atoms with Crippen LogP contribution in [0.2, 0.25) is 0 Å². The molecule has 0 N–H and O–H groups in total. The minimum Gasteiger partial charge on any atom is -0.415 e. The van der Waals surface area contributed by atoms with Crippen LogP contribution < -0.4 is 4.40 Å². The molecule has 0 atom stereocenters. The fourth-order valence-corrected chi connectivity index (χ4v) is 4.29. The van der Waals surface area contributed by atoms with Gasteiger partial charge in [0.1, 0.15) is 5.69 Å². The zero-order valence-electron chi connectivity index (χ0n) is 16.7. The van der Waals surface area contributed by atoms with Crippen molar-refractivity contribution in [1.82, 2.24) is 4.57 Å². The lowest BCUT2D eigenvalue weighted by Gasteiger charge is -2.10. The van der Waals surface area contributed by atoms with Crippen molar-refractivity contribution in [2.45, 2.75) is 27.7 Å². The van der Waals surface area contributed by atoms with E-state index in [1.54, 1.807) is 0 Å². The van der Waals surface area contributed by atoms with Gasteiger partial charge in [-0.2, -0.15) is 8.97 Å². The van der Waals surface area contributed by atoms with E-state index in [-0.39, 0.29) is 0 Å². The van der Waals surface area contributed by atoms with E-state index in [4.69, 9.17) is 4.42 Å². The van der Waals surface area contributed by atoms with E-state index in [9.17, 15) is 0 Å². The Bertz CT molecular complexity index is 1330. The van der Waals surface area contributed by atoms with Crippen molar-refractivity contribution in [1.29, 1.82) is 0 Å². The van der Waals surface area contributed by atoms with Crippen molar-refractivity contribution in [3.63, 3.8) is 0 Å². The van der Waals surface area contributed by atoms with Crippen molar-refractivity contribution in [3.05, 3.63) is 89.1 Å². The van der Waals surface area contributed by atoms with Gasteiger partial charge >= 0.3 is 11.5 Å². The number of para-hydroxylation sites is 3. The molecule has 0 unspecified atom stereocenters. The average Bonchev–Trinajstić information content (AvgIpc) is 3.18. The molecule has 0 radical (unpaired) electrons. The molecule has 28 heavy (non-hydrogen) atoms. The molecule has 0 fully saturated rings. The highest BCUT2D eigenvalue weighted by atomic mass is 16.3. The van der Waals surface area contributed by atoms with Gasteiger partial charge in [-0.3, -0.25) is 0 Å². The number of imidazole rings is 1. The smallest absolute Gasteiger partial charge is 0.339 e. The van der Waals surface area contributed by atoms with E-state index < -0.39 is 0 Å². The summed E-state index contributed by atoms with van der Waals surface area (Å²) < 4.78 is 10.9. The van der Waals surface area contributed by atoms with Gasteiger partial charge < -0.3 is 4.42 Å². The van der Waals surface area contributed by atoms with E-state index in [0.717, 1.165) is 28.3 Å². The molecule has 2 aromatic heterocycles. The highest BCUT2D eigenvalue weighted by molar-refractivity contribution is 5.75. The van der Waals surface area contributed by atoms with Gasteiger partial charge in [0.05, 0.1) is 5.56 Å². The van der Waals surface area contributed by atoms with E-state index >= 15 is 0 Å². The van der Waals surface area contributed by atoms with Gasteiger partial charge in [0, 0.05) is 6.92 Å². The molecule has 5 rings (SSSR count). The van der Waals surface area contributed by atoms with Crippen molar-refractivity contribution < 1.29 is 8.82 Å². The normalized spacial score (nSPS) is 11.6. The Hall–Kier alpha value is -3.33. The summed E-state index contributed by atoms with van der Waals surface area (Å²) >= 11 is 0. The van der Waals surface area contributed by atoms with Crippen LogP contribution in [0.5, 0.6) is 0 Å². The first-order valence-corrected chi connectivity index (χ1v) is 9.65. The minimum atomic E-state index is 0.891. The molecule has 0 aliphatic rings. The number of aryl methyl sites for hydroxylation is 4. The van der Waals surface area contributed by atoms with Gasteiger partial charge in [-0.05, 0) is 55.7 Å². The fourth-order valence-electron chi connectivity index (χ4n) is 4.29. The molecule has 2 heterocycles.